The van der Waals surface area contributed by atoms with Gasteiger partial charge in [-0.1, -0.05) is 6.07 Å². The number of rotatable bonds is 8. The monoisotopic (exact) mass is 445 g/mol. The van der Waals surface area contributed by atoms with Gasteiger partial charge < -0.3 is 24.6 Å². The van der Waals surface area contributed by atoms with Gasteiger partial charge in [-0.05, 0) is 56.3 Å². The molecule has 0 aliphatic carbocycles. The Hall–Kier alpha value is -2.74. The number of ether oxygens (including phenoxy) is 2. The number of hydrogen-bond acceptors (Lipinski definition) is 5. The minimum atomic E-state index is -0.219. The lowest BCUT2D eigenvalue weighted by Gasteiger charge is -2.37. The molecule has 1 unspecified atom stereocenters. The van der Waals surface area contributed by atoms with E-state index in [0.29, 0.717) is 25.4 Å². The molecule has 31 heavy (non-hydrogen) atoms. The van der Waals surface area contributed by atoms with E-state index in [0.717, 1.165) is 17.7 Å². The van der Waals surface area contributed by atoms with Crippen molar-refractivity contribution in [1.29, 1.82) is 0 Å². The number of nitrogens with zero attached hydrogens (tertiary/aromatic N) is 2. The zero-order chi connectivity index (χ0) is 22.4. The van der Waals surface area contributed by atoms with Crippen molar-refractivity contribution in [2.45, 2.75) is 39.3 Å². The molecule has 1 atom stereocenters. The van der Waals surface area contributed by atoms with E-state index < -0.39 is 0 Å². The summed E-state index contributed by atoms with van der Waals surface area (Å²) in [5.41, 5.74) is 1.13. The Labute approximate surface area is 187 Å². The fourth-order valence-electron chi connectivity index (χ4n) is 3.72. The van der Waals surface area contributed by atoms with Gasteiger partial charge in [-0.2, -0.15) is 0 Å². The van der Waals surface area contributed by atoms with Crippen LogP contribution in [0.5, 0.6) is 11.5 Å². The first-order valence-corrected chi connectivity index (χ1v) is 11.5. The van der Waals surface area contributed by atoms with Gasteiger partial charge in [-0.25, -0.2) is 4.79 Å². The third-order valence-corrected chi connectivity index (χ3v) is 6.38. The molecule has 2 heterocycles. The molecule has 0 bridgehead atoms. The van der Waals surface area contributed by atoms with Crippen LogP contribution >= 0.6 is 11.3 Å². The van der Waals surface area contributed by atoms with E-state index in [4.69, 9.17) is 9.47 Å². The van der Waals surface area contributed by atoms with Crippen molar-refractivity contribution in [2.75, 3.05) is 33.4 Å². The predicted octanol–water partition coefficient (Wildman–Crippen LogP) is 3.70. The maximum atomic E-state index is 13.3. The molecule has 168 valence electrons. The first kappa shape index (κ1) is 22.9. The summed E-state index contributed by atoms with van der Waals surface area (Å²) in [4.78, 5) is 30.4. The molecule has 0 saturated carbocycles. The average Bonchev–Trinajstić information content (AvgIpc) is 3.24. The second kappa shape index (κ2) is 10.5. The molecule has 1 aromatic carbocycles. The zero-order valence-corrected chi connectivity index (χ0v) is 19.4. The van der Waals surface area contributed by atoms with Crippen molar-refractivity contribution in [2.24, 2.45) is 0 Å². The highest BCUT2D eigenvalue weighted by molar-refractivity contribution is 7.10. The fourth-order valence-corrected chi connectivity index (χ4v) is 4.65. The van der Waals surface area contributed by atoms with Crippen LogP contribution in [0.25, 0.3) is 0 Å². The van der Waals surface area contributed by atoms with Crippen LogP contribution in [0.2, 0.25) is 0 Å². The van der Waals surface area contributed by atoms with E-state index in [-0.39, 0.29) is 30.6 Å². The SMILES string of the molecule is CCNC(=O)N(CC(=O)N1CCc2sccc2C1COc1cccc(OC)c1)C(C)C. The quantitative estimate of drug-likeness (QED) is 0.673. The van der Waals surface area contributed by atoms with Gasteiger partial charge >= 0.3 is 6.03 Å². The number of fused-ring (bicyclic) bond motifs is 1. The number of nitrogens with one attached hydrogen (secondary N) is 1. The Morgan fingerprint density at radius 1 is 1.29 bits per heavy atom. The lowest BCUT2D eigenvalue weighted by molar-refractivity contribution is -0.135. The van der Waals surface area contributed by atoms with Gasteiger partial charge in [-0.3, -0.25) is 4.79 Å². The number of hydrogen-bond donors (Lipinski definition) is 1. The van der Waals surface area contributed by atoms with Gasteiger partial charge in [0.05, 0.1) is 13.2 Å². The maximum absolute atomic E-state index is 13.3. The third-order valence-electron chi connectivity index (χ3n) is 5.38. The minimum Gasteiger partial charge on any atom is -0.497 e. The first-order chi connectivity index (χ1) is 14.9. The standard InChI is InChI=1S/C23H31N3O4S/c1-5-24-23(28)26(16(2)3)14-22(27)25-11-9-21-19(10-12-31-21)20(25)15-30-18-8-6-7-17(13-18)29-4/h6-8,10,12-13,16,20H,5,9,11,14-15H2,1-4H3,(H,24,28). The summed E-state index contributed by atoms with van der Waals surface area (Å²) in [5, 5.41) is 4.86. The van der Waals surface area contributed by atoms with Crippen molar-refractivity contribution in [3.63, 3.8) is 0 Å². The van der Waals surface area contributed by atoms with E-state index in [9.17, 15) is 9.59 Å². The largest absolute Gasteiger partial charge is 0.497 e. The smallest absolute Gasteiger partial charge is 0.318 e. The summed E-state index contributed by atoms with van der Waals surface area (Å²) in [6.07, 6.45) is 0.817. The lowest BCUT2D eigenvalue weighted by atomic mass is 10.0. The van der Waals surface area contributed by atoms with Crippen molar-refractivity contribution >= 4 is 23.3 Å². The molecule has 1 aromatic heterocycles. The van der Waals surface area contributed by atoms with Gasteiger partial charge in [0.2, 0.25) is 5.91 Å². The molecule has 0 radical (unpaired) electrons. The van der Waals surface area contributed by atoms with Crippen LogP contribution < -0.4 is 14.8 Å². The molecular weight excluding hydrogens is 414 g/mol. The van der Waals surface area contributed by atoms with Gasteiger partial charge in [0.25, 0.3) is 0 Å². The summed E-state index contributed by atoms with van der Waals surface area (Å²) in [7, 11) is 1.62. The second-order valence-corrected chi connectivity index (χ2v) is 8.70. The molecule has 1 N–H and O–H groups in total. The zero-order valence-electron chi connectivity index (χ0n) is 18.6. The number of methoxy groups -OCH3 is 1. The molecule has 1 aliphatic rings. The number of amides is 3. The highest BCUT2D eigenvalue weighted by Gasteiger charge is 2.34. The molecule has 1 aliphatic heterocycles. The Balaban J connectivity index is 1.77. The predicted molar refractivity (Wildman–Crippen MR) is 122 cm³/mol. The molecule has 7 nitrogen and oxygen atoms in total. The Bertz CT molecular complexity index is 898. The van der Waals surface area contributed by atoms with Crippen LogP contribution in [0.4, 0.5) is 4.79 Å². The van der Waals surface area contributed by atoms with Gasteiger partial charge in [0.1, 0.15) is 24.7 Å². The van der Waals surface area contributed by atoms with E-state index >= 15 is 0 Å². The number of carbonyl (C=O) groups is 2. The highest BCUT2D eigenvalue weighted by atomic mass is 32.1. The summed E-state index contributed by atoms with van der Waals surface area (Å²) in [6.45, 7) is 7.21. The Morgan fingerprint density at radius 2 is 2.06 bits per heavy atom. The van der Waals surface area contributed by atoms with Crippen LogP contribution in [0.3, 0.4) is 0 Å². The summed E-state index contributed by atoms with van der Waals surface area (Å²) in [6, 6.07) is 9.02. The average molecular weight is 446 g/mol. The van der Waals surface area contributed by atoms with Crippen LogP contribution in [0.1, 0.15) is 37.3 Å². The molecule has 0 fully saturated rings. The molecule has 8 heteroatoms. The lowest BCUT2D eigenvalue weighted by Crippen LogP contribution is -2.51. The van der Waals surface area contributed by atoms with E-state index in [1.165, 1.54) is 4.88 Å². The normalized spacial score (nSPS) is 15.4. The molecule has 3 amide bonds. The molecule has 3 rings (SSSR count). The van der Waals surface area contributed by atoms with Crippen LogP contribution in [-0.2, 0) is 11.2 Å². The number of carbonyl (C=O) groups excluding carboxylic acids is 2. The van der Waals surface area contributed by atoms with Crippen LogP contribution in [-0.4, -0.2) is 61.1 Å². The van der Waals surface area contributed by atoms with E-state index in [2.05, 4.69) is 16.8 Å². The minimum absolute atomic E-state index is 0.0403. The highest BCUT2D eigenvalue weighted by Crippen LogP contribution is 2.34. The first-order valence-electron chi connectivity index (χ1n) is 10.6. The summed E-state index contributed by atoms with van der Waals surface area (Å²) >= 11 is 1.71. The summed E-state index contributed by atoms with van der Waals surface area (Å²) < 4.78 is 11.3. The van der Waals surface area contributed by atoms with Gasteiger partial charge in [0.15, 0.2) is 0 Å². The maximum Gasteiger partial charge on any atom is 0.318 e. The number of urea groups is 1. The van der Waals surface area contributed by atoms with Gasteiger partial charge in [0, 0.05) is 30.1 Å². The van der Waals surface area contributed by atoms with Gasteiger partial charge in [-0.15, -0.1) is 11.3 Å². The molecule has 0 spiro atoms. The fraction of sp³-hybridized carbons (Fsp3) is 0.478. The van der Waals surface area contributed by atoms with Crippen LogP contribution in [0.15, 0.2) is 35.7 Å². The van der Waals surface area contributed by atoms with Crippen molar-refractivity contribution in [3.05, 3.63) is 46.2 Å². The van der Waals surface area contributed by atoms with Crippen molar-refractivity contribution in [3.8, 4) is 11.5 Å². The molecule has 0 saturated heterocycles. The number of thiophene rings is 1. The number of benzene rings is 1. The second-order valence-electron chi connectivity index (χ2n) is 7.70. The topological polar surface area (TPSA) is 71.1 Å². The van der Waals surface area contributed by atoms with E-state index in [1.54, 1.807) is 23.3 Å². The van der Waals surface area contributed by atoms with Crippen molar-refractivity contribution in [1.82, 2.24) is 15.1 Å². The molecule has 2 aromatic rings. The molecular formula is C23H31N3O4S. The van der Waals surface area contributed by atoms with E-state index in [1.807, 2.05) is 49.9 Å². The Morgan fingerprint density at radius 3 is 2.77 bits per heavy atom. The van der Waals surface area contributed by atoms with Crippen molar-refractivity contribution < 1.29 is 19.1 Å². The summed E-state index contributed by atoms with van der Waals surface area (Å²) in [5.74, 6) is 1.34. The Kier molecular flexibility index (Phi) is 7.79. The van der Waals surface area contributed by atoms with Crippen LogP contribution in [0, 0.1) is 0 Å². The third kappa shape index (κ3) is 5.50.